The molecule has 100 valence electrons. The lowest BCUT2D eigenvalue weighted by Gasteiger charge is -2.00. The number of allylic oxidation sites excluding steroid dienone is 1. The van der Waals surface area contributed by atoms with Crippen LogP contribution in [0.15, 0.2) is 54.6 Å². The van der Waals surface area contributed by atoms with Crippen molar-refractivity contribution < 1.29 is 9.59 Å². The minimum absolute atomic E-state index is 0.109. The lowest BCUT2D eigenvalue weighted by molar-refractivity contribution is 0.104. The summed E-state index contributed by atoms with van der Waals surface area (Å²) >= 11 is 5.50. The molecule has 2 aromatic carbocycles. The molecule has 0 amide bonds. The molecule has 3 heteroatoms. The molecular formula is C17H13ClO2. The molecular weight excluding hydrogens is 272 g/mol. The van der Waals surface area contributed by atoms with Crippen LogP contribution in [0.5, 0.6) is 0 Å². The topological polar surface area (TPSA) is 34.1 Å². The summed E-state index contributed by atoms with van der Waals surface area (Å²) in [5.41, 5.74) is 2.74. The fourth-order valence-electron chi connectivity index (χ4n) is 1.80. The summed E-state index contributed by atoms with van der Waals surface area (Å²) in [5, 5.41) is -0.534. The third kappa shape index (κ3) is 3.43. The van der Waals surface area contributed by atoms with E-state index in [1.54, 1.807) is 42.5 Å². The quantitative estimate of drug-likeness (QED) is 0.477. The van der Waals surface area contributed by atoms with Gasteiger partial charge in [-0.05, 0) is 36.2 Å². The van der Waals surface area contributed by atoms with E-state index in [1.807, 2.05) is 19.1 Å². The van der Waals surface area contributed by atoms with Crippen molar-refractivity contribution >= 4 is 28.7 Å². The second-order valence-corrected chi connectivity index (χ2v) is 4.77. The van der Waals surface area contributed by atoms with Crippen molar-refractivity contribution in [3.8, 4) is 0 Å². The summed E-state index contributed by atoms with van der Waals surface area (Å²) in [5.74, 6) is -0.109. The van der Waals surface area contributed by atoms with Crippen molar-refractivity contribution in [2.45, 2.75) is 6.92 Å². The van der Waals surface area contributed by atoms with E-state index >= 15 is 0 Å². The minimum Gasteiger partial charge on any atom is -0.289 e. The Kier molecular flexibility index (Phi) is 4.49. The van der Waals surface area contributed by atoms with Crippen LogP contribution < -0.4 is 0 Å². The molecule has 2 aromatic rings. The van der Waals surface area contributed by atoms with Crippen molar-refractivity contribution in [1.82, 2.24) is 0 Å². The zero-order valence-electron chi connectivity index (χ0n) is 11.0. The van der Waals surface area contributed by atoms with Gasteiger partial charge in [0.25, 0.3) is 5.24 Å². The Labute approximate surface area is 122 Å². The van der Waals surface area contributed by atoms with Crippen LogP contribution >= 0.6 is 11.6 Å². The number of benzene rings is 2. The molecule has 0 saturated heterocycles. The number of aryl methyl sites for hydroxylation is 1. The number of carbonyl (C=O) groups is 2. The maximum absolute atomic E-state index is 12.0. The highest BCUT2D eigenvalue weighted by molar-refractivity contribution is 6.68. The van der Waals surface area contributed by atoms with Gasteiger partial charge in [-0.1, -0.05) is 54.1 Å². The van der Waals surface area contributed by atoms with Crippen LogP contribution in [0.3, 0.4) is 0 Å². The molecule has 0 aromatic heterocycles. The first kappa shape index (κ1) is 14.2. The number of carbonyl (C=O) groups excluding carboxylic acids is 2. The summed E-state index contributed by atoms with van der Waals surface area (Å²) in [6.45, 7) is 1.96. The van der Waals surface area contributed by atoms with Crippen molar-refractivity contribution in [2.75, 3.05) is 0 Å². The lowest BCUT2D eigenvalue weighted by atomic mass is 10.1. The second kappa shape index (κ2) is 6.31. The molecule has 0 fully saturated rings. The van der Waals surface area contributed by atoms with Gasteiger partial charge in [0.05, 0.1) is 0 Å². The summed E-state index contributed by atoms with van der Waals surface area (Å²) in [7, 11) is 0. The highest BCUT2D eigenvalue weighted by Crippen LogP contribution is 2.14. The highest BCUT2D eigenvalue weighted by atomic mass is 35.5. The van der Waals surface area contributed by atoms with Gasteiger partial charge in [0, 0.05) is 11.1 Å². The Balaban J connectivity index is 2.23. The van der Waals surface area contributed by atoms with Crippen molar-refractivity contribution in [2.24, 2.45) is 0 Å². The normalized spacial score (nSPS) is 10.7. The SMILES string of the molecule is Cc1ccc(C(=O)C=Cc2ccccc2C(=O)Cl)cc1. The monoisotopic (exact) mass is 284 g/mol. The zero-order valence-corrected chi connectivity index (χ0v) is 11.7. The largest absolute Gasteiger partial charge is 0.289 e. The molecule has 2 rings (SSSR count). The third-order valence-electron chi connectivity index (χ3n) is 2.92. The molecule has 0 N–H and O–H groups in total. The first-order valence-electron chi connectivity index (χ1n) is 6.16. The lowest BCUT2D eigenvalue weighted by Crippen LogP contribution is -1.95. The molecule has 20 heavy (non-hydrogen) atoms. The average Bonchev–Trinajstić information content (AvgIpc) is 2.45. The van der Waals surface area contributed by atoms with Crippen molar-refractivity contribution in [1.29, 1.82) is 0 Å². The molecule has 0 radical (unpaired) electrons. The first-order valence-corrected chi connectivity index (χ1v) is 6.53. The van der Waals surface area contributed by atoms with Crippen LogP contribution in [0.25, 0.3) is 6.08 Å². The average molecular weight is 285 g/mol. The molecule has 0 bridgehead atoms. The van der Waals surface area contributed by atoms with E-state index in [9.17, 15) is 9.59 Å². The summed E-state index contributed by atoms with van der Waals surface area (Å²) in [6, 6.07) is 14.2. The molecule has 0 heterocycles. The van der Waals surface area contributed by atoms with E-state index in [-0.39, 0.29) is 5.78 Å². The smallest absolute Gasteiger partial charge is 0.252 e. The van der Waals surface area contributed by atoms with Gasteiger partial charge in [-0.2, -0.15) is 0 Å². The number of rotatable bonds is 4. The number of ketones is 1. The predicted octanol–water partition coefficient (Wildman–Crippen LogP) is 4.27. The van der Waals surface area contributed by atoms with E-state index in [4.69, 9.17) is 11.6 Å². The Morgan fingerprint density at radius 3 is 2.30 bits per heavy atom. The van der Waals surface area contributed by atoms with Gasteiger partial charge in [-0.15, -0.1) is 0 Å². The van der Waals surface area contributed by atoms with Crippen molar-refractivity contribution in [3.05, 3.63) is 76.9 Å². The van der Waals surface area contributed by atoms with Gasteiger partial charge in [-0.3, -0.25) is 9.59 Å². The second-order valence-electron chi connectivity index (χ2n) is 4.42. The number of halogens is 1. The fourth-order valence-corrected chi connectivity index (χ4v) is 1.97. The molecule has 0 aliphatic rings. The van der Waals surface area contributed by atoms with E-state index < -0.39 is 5.24 Å². The van der Waals surface area contributed by atoms with Crippen LogP contribution in [0, 0.1) is 6.92 Å². The molecule has 0 spiro atoms. The maximum atomic E-state index is 12.0. The van der Waals surface area contributed by atoms with E-state index in [2.05, 4.69) is 0 Å². The predicted molar refractivity (Wildman–Crippen MR) is 81.2 cm³/mol. The van der Waals surface area contributed by atoms with Gasteiger partial charge in [0.15, 0.2) is 5.78 Å². The molecule has 0 atom stereocenters. The summed E-state index contributed by atoms with van der Waals surface area (Å²) in [6.07, 6.45) is 3.06. The van der Waals surface area contributed by atoms with Crippen LogP contribution in [0.4, 0.5) is 0 Å². The third-order valence-corrected chi connectivity index (χ3v) is 3.13. The van der Waals surface area contributed by atoms with Crippen LogP contribution in [0.1, 0.15) is 31.8 Å². The standard InChI is InChI=1S/C17H13ClO2/c1-12-6-8-14(9-7-12)16(19)11-10-13-4-2-3-5-15(13)17(18)20/h2-11H,1H3. The van der Waals surface area contributed by atoms with E-state index in [0.29, 0.717) is 16.7 Å². The van der Waals surface area contributed by atoms with Gasteiger partial charge in [0.2, 0.25) is 0 Å². The Morgan fingerprint density at radius 2 is 1.65 bits per heavy atom. The molecule has 2 nitrogen and oxygen atoms in total. The number of hydrogen-bond acceptors (Lipinski definition) is 2. The van der Waals surface area contributed by atoms with Crippen LogP contribution in [-0.2, 0) is 0 Å². The highest BCUT2D eigenvalue weighted by Gasteiger charge is 2.06. The Morgan fingerprint density at radius 1 is 1.00 bits per heavy atom. The van der Waals surface area contributed by atoms with Gasteiger partial charge < -0.3 is 0 Å². The van der Waals surface area contributed by atoms with Crippen LogP contribution in [0.2, 0.25) is 0 Å². The zero-order chi connectivity index (χ0) is 14.5. The molecule has 0 aliphatic heterocycles. The molecule has 0 unspecified atom stereocenters. The van der Waals surface area contributed by atoms with Gasteiger partial charge >= 0.3 is 0 Å². The summed E-state index contributed by atoms with van der Waals surface area (Å²) in [4.78, 5) is 23.3. The Bertz CT molecular complexity index is 670. The maximum Gasteiger partial charge on any atom is 0.252 e. The first-order chi connectivity index (χ1) is 9.58. The Hall–Kier alpha value is -2.19. The van der Waals surface area contributed by atoms with Gasteiger partial charge in [-0.25, -0.2) is 0 Å². The van der Waals surface area contributed by atoms with E-state index in [1.165, 1.54) is 6.08 Å². The van der Waals surface area contributed by atoms with Crippen LogP contribution in [-0.4, -0.2) is 11.0 Å². The molecule has 0 aliphatic carbocycles. The van der Waals surface area contributed by atoms with Crippen molar-refractivity contribution in [3.63, 3.8) is 0 Å². The minimum atomic E-state index is -0.534. The van der Waals surface area contributed by atoms with E-state index in [0.717, 1.165) is 5.56 Å². The molecule has 0 saturated carbocycles. The number of hydrogen-bond donors (Lipinski definition) is 0. The summed E-state index contributed by atoms with van der Waals surface area (Å²) < 4.78 is 0. The van der Waals surface area contributed by atoms with Gasteiger partial charge in [0.1, 0.15) is 0 Å². The fraction of sp³-hybridized carbons (Fsp3) is 0.0588.